The van der Waals surface area contributed by atoms with E-state index in [4.69, 9.17) is 16.3 Å². The van der Waals surface area contributed by atoms with Gasteiger partial charge in [0.2, 0.25) is 0 Å². The Hall–Kier alpha value is -3.58. The van der Waals surface area contributed by atoms with Gasteiger partial charge < -0.3 is 25.6 Å². The van der Waals surface area contributed by atoms with Crippen molar-refractivity contribution in [2.75, 3.05) is 18.5 Å². The van der Waals surface area contributed by atoms with Crippen molar-refractivity contribution in [3.63, 3.8) is 0 Å². The van der Waals surface area contributed by atoms with Crippen molar-refractivity contribution in [3.05, 3.63) is 98.6 Å². The monoisotopic (exact) mass is 568 g/mol. The van der Waals surface area contributed by atoms with Crippen LogP contribution in [0.4, 0.5) is 27.6 Å². The van der Waals surface area contributed by atoms with E-state index < -0.39 is 58.5 Å². The SMILES string of the molecule is O=C(Nc1cc(C2(O)COCC2O)cc2c1C(c1cc(F)ccc1Cl)NC2=O)c1cc(F)cc(C(F)(F)F)c1. The molecule has 3 aromatic rings. The van der Waals surface area contributed by atoms with Crippen LogP contribution in [0.5, 0.6) is 0 Å². The zero-order valence-corrected chi connectivity index (χ0v) is 20.3. The third kappa shape index (κ3) is 4.84. The molecule has 0 aromatic heterocycles. The molecule has 1 saturated heterocycles. The third-order valence-corrected chi connectivity index (χ3v) is 6.99. The number of hydrogen-bond acceptors (Lipinski definition) is 5. The number of alkyl halides is 3. The van der Waals surface area contributed by atoms with E-state index in [0.29, 0.717) is 12.1 Å². The fourth-order valence-electron chi connectivity index (χ4n) is 4.67. The molecule has 39 heavy (non-hydrogen) atoms. The van der Waals surface area contributed by atoms with E-state index in [-0.39, 0.29) is 52.2 Å². The topological polar surface area (TPSA) is 108 Å². The Morgan fingerprint density at radius 2 is 1.85 bits per heavy atom. The van der Waals surface area contributed by atoms with Crippen LogP contribution < -0.4 is 10.6 Å². The van der Waals surface area contributed by atoms with Gasteiger partial charge in [0, 0.05) is 33.0 Å². The number of carbonyl (C=O) groups is 2. The number of fused-ring (bicyclic) bond motifs is 1. The minimum atomic E-state index is -4.93. The van der Waals surface area contributed by atoms with Crippen LogP contribution in [-0.2, 0) is 16.5 Å². The fourth-order valence-corrected chi connectivity index (χ4v) is 4.90. The Labute approximate surface area is 222 Å². The molecule has 0 aliphatic carbocycles. The summed E-state index contributed by atoms with van der Waals surface area (Å²) < 4.78 is 72.9. The highest BCUT2D eigenvalue weighted by Crippen LogP contribution is 2.43. The molecular weight excluding hydrogens is 551 g/mol. The Morgan fingerprint density at radius 3 is 2.51 bits per heavy atom. The van der Waals surface area contributed by atoms with Gasteiger partial charge in [0.1, 0.15) is 23.3 Å². The van der Waals surface area contributed by atoms with Crippen LogP contribution in [0.2, 0.25) is 5.02 Å². The summed E-state index contributed by atoms with van der Waals surface area (Å²) in [6.07, 6.45) is -6.34. The molecule has 0 radical (unpaired) electrons. The molecular formula is C26H18ClF5N2O5. The number of hydrogen-bond donors (Lipinski definition) is 4. The van der Waals surface area contributed by atoms with Crippen LogP contribution in [-0.4, -0.2) is 41.3 Å². The molecule has 3 aromatic carbocycles. The highest BCUT2D eigenvalue weighted by molar-refractivity contribution is 6.31. The first-order chi connectivity index (χ1) is 18.3. The van der Waals surface area contributed by atoms with Gasteiger partial charge in [0.15, 0.2) is 0 Å². The van der Waals surface area contributed by atoms with Gasteiger partial charge in [0.05, 0.1) is 24.8 Å². The van der Waals surface area contributed by atoms with Gasteiger partial charge in [-0.15, -0.1) is 0 Å². The van der Waals surface area contributed by atoms with Crippen molar-refractivity contribution in [2.24, 2.45) is 0 Å². The number of carbonyl (C=O) groups excluding carboxylic acids is 2. The van der Waals surface area contributed by atoms with Crippen LogP contribution in [0.3, 0.4) is 0 Å². The van der Waals surface area contributed by atoms with E-state index in [9.17, 15) is 41.8 Å². The summed E-state index contributed by atoms with van der Waals surface area (Å²) in [5.74, 6) is -3.86. The molecule has 0 saturated carbocycles. The number of nitrogens with one attached hydrogen (secondary N) is 2. The summed E-state index contributed by atoms with van der Waals surface area (Å²) in [5.41, 5.74) is -4.20. The van der Waals surface area contributed by atoms with Gasteiger partial charge in [0.25, 0.3) is 11.8 Å². The molecule has 13 heteroatoms. The molecule has 204 valence electrons. The minimum absolute atomic E-state index is 0.0436. The first-order valence-corrected chi connectivity index (χ1v) is 11.8. The number of aliphatic hydroxyl groups is 2. The normalized spacial score (nSPS) is 22.5. The smallest absolute Gasteiger partial charge is 0.387 e. The van der Waals surface area contributed by atoms with Crippen molar-refractivity contribution in [2.45, 2.75) is 23.9 Å². The van der Waals surface area contributed by atoms with Crippen molar-refractivity contribution in [1.29, 1.82) is 0 Å². The van der Waals surface area contributed by atoms with Gasteiger partial charge in [-0.1, -0.05) is 11.6 Å². The summed E-state index contributed by atoms with van der Waals surface area (Å²) >= 11 is 6.26. The van der Waals surface area contributed by atoms with E-state index in [2.05, 4.69) is 10.6 Å². The van der Waals surface area contributed by atoms with Crippen LogP contribution in [0.1, 0.15) is 49.0 Å². The standard InChI is InChI=1S/C26H18ClF5N2O5/c27-18-2-1-14(28)8-16(18)22-21-17(24(37)34-22)6-12(25(38)10-39-9-20(25)35)7-19(21)33-23(36)11-3-13(26(30,31)32)5-15(29)4-11/h1-8,20,22,35,38H,9-10H2,(H,33,36)(H,34,37). The number of ether oxygens (including phenoxy) is 1. The van der Waals surface area contributed by atoms with E-state index >= 15 is 0 Å². The van der Waals surface area contributed by atoms with Crippen LogP contribution in [0.15, 0.2) is 48.5 Å². The summed E-state index contributed by atoms with van der Waals surface area (Å²) in [5, 5.41) is 26.5. The fraction of sp³-hybridized carbons (Fsp3) is 0.231. The van der Waals surface area contributed by atoms with Gasteiger partial charge in [-0.25, -0.2) is 8.78 Å². The number of aliphatic hydroxyl groups excluding tert-OH is 1. The maximum atomic E-state index is 14.1. The van der Waals surface area contributed by atoms with Gasteiger partial charge in [-0.3, -0.25) is 9.59 Å². The predicted molar refractivity (Wildman–Crippen MR) is 127 cm³/mol. The second-order valence-electron chi connectivity index (χ2n) is 9.19. The van der Waals surface area contributed by atoms with E-state index in [0.717, 1.165) is 12.1 Å². The molecule has 7 nitrogen and oxygen atoms in total. The molecule has 5 rings (SSSR count). The van der Waals surface area contributed by atoms with Gasteiger partial charge >= 0.3 is 6.18 Å². The average Bonchev–Trinajstić information content (AvgIpc) is 3.39. The second kappa shape index (κ2) is 9.56. The molecule has 0 spiro atoms. The first kappa shape index (κ1) is 27.0. The Kier molecular flexibility index (Phi) is 6.62. The number of halogens is 6. The molecule has 3 atom stereocenters. The Bertz CT molecular complexity index is 1510. The lowest BCUT2D eigenvalue weighted by Crippen LogP contribution is -2.38. The molecule has 2 amide bonds. The largest absolute Gasteiger partial charge is 0.416 e. The molecule has 0 bridgehead atoms. The van der Waals surface area contributed by atoms with Crippen molar-refractivity contribution < 1.29 is 46.5 Å². The second-order valence-corrected chi connectivity index (χ2v) is 9.60. The van der Waals surface area contributed by atoms with E-state index in [1.807, 2.05) is 0 Å². The van der Waals surface area contributed by atoms with Gasteiger partial charge in [-0.2, -0.15) is 13.2 Å². The first-order valence-electron chi connectivity index (χ1n) is 11.4. The quantitative estimate of drug-likeness (QED) is 0.351. The summed E-state index contributed by atoms with van der Waals surface area (Å²) in [7, 11) is 0. The zero-order valence-electron chi connectivity index (χ0n) is 19.6. The lowest BCUT2D eigenvalue weighted by atomic mass is 9.86. The molecule has 3 unspecified atom stereocenters. The van der Waals surface area contributed by atoms with Crippen molar-refractivity contribution >= 4 is 29.1 Å². The Balaban J connectivity index is 1.66. The predicted octanol–water partition coefficient (Wildman–Crippen LogP) is 4.30. The lowest BCUT2D eigenvalue weighted by molar-refractivity contribution is -0.137. The highest BCUT2D eigenvalue weighted by atomic mass is 35.5. The maximum Gasteiger partial charge on any atom is 0.416 e. The van der Waals surface area contributed by atoms with E-state index in [1.54, 1.807) is 0 Å². The molecule has 2 heterocycles. The molecule has 4 N–H and O–H groups in total. The Morgan fingerprint density at radius 1 is 1.10 bits per heavy atom. The summed E-state index contributed by atoms with van der Waals surface area (Å²) in [6.45, 7) is -0.591. The zero-order chi connectivity index (χ0) is 28.3. The number of rotatable bonds is 4. The number of amides is 2. The summed E-state index contributed by atoms with van der Waals surface area (Å²) in [6, 6.07) is 6.04. The average molecular weight is 569 g/mol. The van der Waals surface area contributed by atoms with Crippen LogP contribution >= 0.6 is 11.6 Å². The van der Waals surface area contributed by atoms with Crippen molar-refractivity contribution in [3.8, 4) is 0 Å². The van der Waals surface area contributed by atoms with E-state index in [1.165, 1.54) is 18.2 Å². The highest BCUT2D eigenvalue weighted by Gasteiger charge is 2.45. The third-order valence-electron chi connectivity index (χ3n) is 6.64. The van der Waals surface area contributed by atoms with Gasteiger partial charge in [-0.05, 0) is 54.1 Å². The molecule has 1 fully saturated rings. The maximum absolute atomic E-state index is 14.1. The van der Waals surface area contributed by atoms with Crippen LogP contribution in [0, 0.1) is 11.6 Å². The van der Waals surface area contributed by atoms with Crippen molar-refractivity contribution in [1.82, 2.24) is 5.32 Å². The molecule has 2 aliphatic rings. The number of benzene rings is 3. The lowest BCUT2D eigenvalue weighted by Gasteiger charge is -2.27. The van der Waals surface area contributed by atoms with Crippen LogP contribution in [0.25, 0.3) is 0 Å². The number of anilines is 1. The molecule has 2 aliphatic heterocycles. The minimum Gasteiger partial charge on any atom is -0.387 e. The summed E-state index contributed by atoms with van der Waals surface area (Å²) in [4.78, 5) is 26.1.